The molecule has 0 saturated heterocycles. The number of carbonyl (C=O) groups is 2. The van der Waals surface area contributed by atoms with E-state index in [1.807, 2.05) is 0 Å². The summed E-state index contributed by atoms with van der Waals surface area (Å²) in [6.45, 7) is 0. The SMILES string of the molecule is O=C(Nc1ccc(Cl)cc1Cl)C(=Cc1cccc([N+](=O)[O-])c1)NC(=O)c1ccccc1F. The van der Waals surface area contributed by atoms with E-state index in [9.17, 15) is 24.1 Å². The first-order valence-corrected chi connectivity index (χ1v) is 9.78. The van der Waals surface area contributed by atoms with Gasteiger partial charge in [0.2, 0.25) is 0 Å². The summed E-state index contributed by atoms with van der Waals surface area (Å²) < 4.78 is 14.0. The molecular formula is C22H14Cl2FN3O4. The fourth-order valence-corrected chi connectivity index (χ4v) is 3.12. The molecule has 0 atom stereocenters. The van der Waals surface area contributed by atoms with Gasteiger partial charge in [-0.1, -0.05) is 47.5 Å². The van der Waals surface area contributed by atoms with Crippen molar-refractivity contribution in [1.29, 1.82) is 0 Å². The molecule has 0 heterocycles. The zero-order chi connectivity index (χ0) is 23.3. The van der Waals surface area contributed by atoms with Gasteiger partial charge in [-0.05, 0) is 42.0 Å². The lowest BCUT2D eigenvalue weighted by atomic mass is 10.1. The number of nitrogens with one attached hydrogen (secondary N) is 2. The van der Waals surface area contributed by atoms with Crippen molar-refractivity contribution < 1.29 is 18.9 Å². The molecule has 0 radical (unpaired) electrons. The van der Waals surface area contributed by atoms with Gasteiger partial charge in [0.1, 0.15) is 11.5 Å². The lowest BCUT2D eigenvalue weighted by Crippen LogP contribution is -2.31. The number of nitro groups is 1. The van der Waals surface area contributed by atoms with Crippen molar-refractivity contribution in [2.75, 3.05) is 5.32 Å². The lowest BCUT2D eigenvalue weighted by molar-refractivity contribution is -0.384. The van der Waals surface area contributed by atoms with Gasteiger partial charge in [-0.3, -0.25) is 19.7 Å². The summed E-state index contributed by atoms with van der Waals surface area (Å²) in [6, 6.07) is 15.1. The molecule has 0 aromatic heterocycles. The summed E-state index contributed by atoms with van der Waals surface area (Å²) in [6.07, 6.45) is 1.23. The molecule has 3 rings (SSSR count). The molecule has 2 amide bonds. The van der Waals surface area contributed by atoms with Gasteiger partial charge in [-0.15, -0.1) is 0 Å². The van der Waals surface area contributed by atoms with Gasteiger partial charge in [0, 0.05) is 17.2 Å². The summed E-state index contributed by atoms with van der Waals surface area (Å²) in [5, 5.41) is 16.4. The fourth-order valence-electron chi connectivity index (χ4n) is 2.67. The molecule has 0 aliphatic rings. The zero-order valence-corrected chi connectivity index (χ0v) is 17.7. The molecule has 7 nitrogen and oxygen atoms in total. The molecule has 3 aromatic rings. The quantitative estimate of drug-likeness (QED) is 0.282. The molecule has 0 aliphatic carbocycles. The third-order valence-corrected chi connectivity index (χ3v) is 4.73. The molecule has 0 aliphatic heterocycles. The molecule has 0 spiro atoms. The van der Waals surface area contributed by atoms with Crippen molar-refractivity contribution in [1.82, 2.24) is 5.32 Å². The summed E-state index contributed by atoms with van der Waals surface area (Å²) in [7, 11) is 0. The van der Waals surface area contributed by atoms with Crippen LogP contribution in [0.15, 0.2) is 72.4 Å². The Bertz CT molecular complexity index is 1250. The van der Waals surface area contributed by atoms with Crippen molar-refractivity contribution >= 4 is 52.5 Å². The number of hydrogen-bond donors (Lipinski definition) is 2. The number of halogens is 3. The van der Waals surface area contributed by atoms with Crippen molar-refractivity contribution in [2.24, 2.45) is 0 Å². The normalized spacial score (nSPS) is 11.0. The minimum absolute atomic E-state index is 0.154. The maximum absolute atomic E-state index is 14.0. The Morgan fingerprint density at radius 1 is 1.00 bits per heavy atom. The van der Waals surface area contributed by atoms with Gasteiger partial charge in [0.25, 0.3) is 17.5 Å². The largest absolute Gasteiger partial charge is 0.319 e. The first kappa shape index (κ1) is 22.9. The van der Waals surface area contributed by atoms with Gasteiger partial charge >= 0.3 is 0 Å². The first-order valence-electron chi connectivity index (χ1n) is 9.03. The zero-order valence-electron chi connectivity index (χ0n) is 16.1. The van der Waals surface area contributed by atoms with E-state index < -0.39 is 22.6 Å². The fraction of sp³-hybridized carbons (Fsp3) is 0. The van der Waals surface area contributed by atoms with Gasteiger partial charge in [-0.25, -0.2) is 4.39 Å². The molecule has 10 heteroatoms. The number of benzene rings is 3. The van der Waals surface area contributed by atoms with E-state index in [-0.39, 0.29) is 33.2 Å². The standard InChI is InChI=1S/C22H14Cl2FN3O4/c23-14-8-9-19(17(24)12-14)26-22(30)20(11-13-4-3-5-15(10-13)28(31)32)27-21(29)16-6-1-2-7-18(16)25/h1-12H,(H,26,30)(H,27,29). The number of amides is 2. The first-order chi connectivity index (χ1) is 15.2. The molecule has 2 N–H and O–H groups in total. The smallest absolute Gasteiger partial charge is 0.272 e. The van der Waals surface area contributed by atoms with E-state index in [1.165, 1.54) is 66.7 Å². The number of hydrogen-bond acceptors (Lipinski definition) is 4. The minimum Gasteiger partial charge on any atom is -0.319 e. The molecule has 32 heavy (non-hydrogen) atoms. The maximum Gasteiger partial charge on any atom is 0.272 e. The molecule has 3 aromatic carbocycles. The molecule has 0 fully saturated rings. The van der Waals surface area contributed by atoms with Crippen LogP contribution in [-0.2, 0) is 4.79 Å². The highest BCUT2D eigenvalue weighted by atomic mass is 35.5. The number of nitrogens with zero attached hydrogens (tertiary/aromatic N) is 1. The van der Waals surface area contributed by atoms with Crippen LogP contribution in [0, 0.1) is 15.9 Å². The molecule has 0 saturated carbocycles. The van der Waals surface area contributed by atoms with Crippen LogP contribution < -0.4 is 10.6 Å². The highest BCUT2D eigenvalue weighted by Crippen LogP contribution is 2.26. The molecular weight excluding hydrogens is 460 g/mol. The molecule has 162 valence electrons. The second kappa shape index (κ2) is 10.0. The average molecular weight is 474 g/mol. The maximum atomic E-state index is 14.0. The van der Waals surface area contributed by atoms with Crippen LogP contribution in [0.25, 0.3) is 6.08 Å². The van der Waals surface area contributed by atoms with Crippen LogP contribution >= 0.6 is 23.2 Å². The topological polar surface area (TPSA) is 101 Å². The van der Waals surface area contributed by atoms with Crippen molar-refractivity contribution in [3.8, 4) is 0 Å². The predicted molar refractivity (Wildman–Crippen MR) is 120 cm³/mol. The Kier molecular flexibility index (Phi) is 7.19. The van der Waals surface area contributed by atoms with Gasteiger partial charge in [-0.2, -0.15) is 0 Å². The van der Waals surface area contributed by atoms with Gasteiger partial charge < -0.3 is 10.6 Å². The Labute approximate surface area is 191 Å². The van der Waals surface area contributed by atoms with Crippen LogP contribution in [0.4, 0.5) is 15.8 Å². The second-order valence-corrected chi connectivity index (χ2v) is 7.27. The third-order valence-electron chi connectivity index (χ3n) is 4.18. The van der Waals surface area contributed by atoms with Gasteiger partial charge in [0.05, 0.1) is 21.2 Å². The van der Waals surface area contributed by atoms with Crippen LogP contribution in [0.2, 0.25) is 10.0 Å². The molecule has 0 bridgehead atoms. The highest BCUT2D eigenvalue weighted by molar-refractivity contribution is 6.36. The number of non-ortho nitro benzene ring substituents is 1. The minimum atomic E-state index is -0.878. The van der Waals surface area contributed by atoms with Crippen molar-refractivity contribution in [3.05, 3.63) is 110 Å². The van der Waals surface area contributed by atoms with Gasteiger partial charge in [0.15, 0.2) is 0 Å². The summed E-state index contributed by atoms with van der Waals surface area (Å²) in [4.78, 5) is 36.0. The van der Waals surface area contributed by atoms with E-state index >= 15 is 0 Å². The Morgan fingerprint density at radius 2 is 1.75 bits per heavy atom. The predicted octanol–water partition coefficient (Wildman–Crippen LogP) is 5.45. The third kappa shape index (κ3) is 5.69. The second-order valence-electron chi connectivity index (χ2n) is 6.42. The Hall–Kier alpha value is -3.75. The summed E-state index contributed by atoms with van der Waals surface area (Å²) >= 11 is 11.9. The average Bonchev–Trinajstić information content (AvgIpc) is 2.75. The molecule has 0 unspecified atom stereocenters. The monoisotopic (exact) mass is 473 g/mol. The van der Waals surface area contributed by atoms with E-state index in [4.69, 9.17) is 23.2 Å². The Morgan fingerprint density at radius 3 is 2.44 bits per heavy atom. The number of anilines is 1. The van der Waals surface area contributed by atoms with Crippen LogP contribution in [0.1, 0.15) is 15.9 Å². The van der Waals surface area contributed by atoms with E-state index in [1.54, 1.807) is 0 Å². The number of nitro benzene ring substituents is 1. The van der Waals surface area contributed by atoms with E-state index in [0.29, 0.717) is 5.02 Å². The lowest BCUT2D eigenvalue weighted by Gasteiger charge is -2.12. The van der Waals surface area contributed by atoms with Crippen LogP contribution in [0.3, 0.4) is 0 Å². The van der Waals surface area contributed by atoms with E-state index in [2.05, 4.69) is 10.6 Å². The van der Waals surface area contributed by atoms with Crippen molar-refractivity contribution in [2.45, 2.75) is 0 Å². The Balaban J connectivity index is 1.97. The summed E-state index contributed by atoms with van der Waals surface area (Å²) in [5.74, 6) is -2.44. The van der Waals surface area contributed by atoms with Crippen LogP contribution in [0.5, 0.6) is 0 Å². The number of carbonyl (C=O) groups excluding carboxylic acids is 2. The highest BCUT2D eigenvalue weighted by Gasteiger charge is 2.18. The summed E-state index contributed by atoms with van der Waals surface area (Å²) in [5.41, 5.74) is -0.300. The van der Waals surface area contributed by atoms with E-state index in [0.717, 1.165) is 6.07 Å². The van der Waals surface area contributed by atoms with Crippen molar-refractivity contribution in [3.63, 3.8) is 0 Å². The number of rotatable bonds is 6. The van der Waals surface area contributed by atoms with Crippen LogP contribution in [-0.4, -0.2) is 16.7 Å².